The second kappa shape index (κ2) is 8.14. The number of anilines is 1. The first kappa shape index (κ1) is 18.3. The van der Waals surface area contributed by atoms with Crippen LogP contribution < -0.4 is 14.8 Å². The molecular weight excluding hydrogens is 329 g/mol. The van der Waals surface area contributed by atoms with Gasteiger partial charge in [0, 0.05) is 11.8 Å². The maximum absolute atomic E-state index is 13.2. The van der Waals surface area contributed by atoms with E-state index in [1.54, 1.807) is 19.1 Å². The van der Waals surface area contributed by atoms with Gasteiger partial charge in [-0.2, -0.15) is 0 Å². The van der Waals surface area contributed by atoms with Gasteiger partial charge in [0.05, 0.1) is 14.2 Å². The van der Waals surface area contributed by atoms with Crippen LogP contribution in [-0.2, 0) is 9.53 Å². The number of esters is 1. The van der Waals surface area contributed by atoms with E-state index < -0.39 is 24.3 Å². The Morgan fingerprint density at radius 1 is 1.08 bits per heavy atom. The zero-order valence-corrected chi connectivity index (χ0v) is 14.1. The topological polar surface area (TPSA) is 73.9 Å². The molecule has 0 aliphatic carbocycles. The Morgan fingerprint density at radius 3 is 2.52 bits per heavy atom. The third-order valence-corrected chi connectivity index (χ3v) is 3.44. The molecule has 0 aliphatic rings. The summed E-state index contributed by atoms with van der Waals surface area (Å²) in [6.07, 6.45) is 0. The summed E-state index contributed by atoms with van der Waals surface area (Å²) in [6.45, 7) is 1.22. The predicted octanol–water partition coefficient (Wildman–Crippen LogP) is 2.95. The number of hydrogen-bond acceptors (Lipinski definition) is 5. The van der Waals surface area contributed by atoms with Gasteiger partial charge in [-0.15, -0.1) is 0 Å². The normalized spacial score (nSPS) is 10.1. The highest BCUT2D eigenvalue weighted by Gasteiger charge is 2.16. The minimum absolute atomic E-state index is 0.165. The smallest absolute Gasteiger partial charge is 0.342 e. The largest absolute Gasteiger partial charge is 0.497 e. The first-order valence-electron chi connectivity index (χ1n) is 7.39. The van der Waals surface area contributed by atoms with Crippen LogP contribution in [0.4, 0.5) is 10.1 Å². The van der Waals surface area contributed by atoms with E-state index in [2.05, 4.69) is 5.32 Å². The first-order chi connectivity index (χ1) is 11.9. The molecule has 0 aliphatic heterocycles. The third kappa shape index (κ3) is 4.69. The Labute approximate surface area is 144 Å². The summed E-state index contributed by atoms with van der Waals surface area (Å²) in [4.78, 5) is 24.0. The van der Waals surface area contributed by atoms with Crippen LogP contribution in [0.25, 0.3) is 0 Å². The van der Waals surface area contributed by atoms with E-state index in [0.717, 1.165) is 0 Å². The third-order valence-electron chi connectivity index (χ3n) is 3.44. The summed E-state index contributed by atoms with van der Waals surface area (Å²) in [6, 6.07) is 8.62. The standard InChI is InChI=1S/C18H18FNO5/c1-11-4-5-12(19)8-15(11)20-17(21)10-25-18(22)14-7-6-13(23-2)9-16(14)24-3/h4-9H,10H2,1-3H3,(H,20,21). The predicted molar refractivity (Wildman–Crippen MR) is 89.6 cm³/mol. The number of ether oxygens (including phenoxy) is 3. The molecule has 6 nitrogen and oxygen atoms in total. The zero-order chi connectivity index (χ0) is 18.4. The van der Waals surface area contributed by atoms with Crippen molar-refractivity contribution >= 4 is 17.6 Å². The number of rotatable bonds is 6. The first-order valence-corrected chi connectivity index (χ1v) is 7.39. The molecular formula is C18H18FNO5. The van der Waals surface area contributed by atoms with E-state index in [0.29, 0.717) is 17.0 Å². The quantitative estimate of drug-likeness (QED) is 0.813. The van der Waals surface area contributed by atoms with E-state index in [9.17, 15) is 14.0 Å². The zero-order valence-electron chi connectivity index (χ0n) is 14.1. The van der Waals surface area contributed by atoms with E-state index in [1.807, 2.05) is 0 Å². The van der Waals surface area contributed by atoms with Crippen molar-refractivity contribution in [1.82, 2.24) is 0 Å². The number of amides is 1. The minimum Gasteiger partial charge on any atom is -0.497 e. The highest BCUT2D eigenvalue weighted by atomic mass is 19.1. The summed E-state index contributed by atoms with van der Waals surface area (Å²) in [5, 5.41) is 2.50. The molecule has 1 N–H and O–H groups in total. The molecule has 25 heavy (non-hydrogen) atoms. The van der Waals surface area contributed by atoms with E-state index in [4.69, 9.17) is 14.2 Å². The number of carbonyl (C=O) groups excluding carboxylic acids is 2. The Bertz CT molecular complexity index is 791. The van der Waals surface area contributed by atoms with E-state index in [-0.39, 0.29) is 11.3 Å². The van der Waals surface area contributed by atoms with Gasteiger partial charge < -0.3 is 19.5 Å². The SMILES string of the molecule is COc1ccc(C(=O)OCC(=O)Nc2cc(F)ccc2C)c(OC)c1. The molecule has 1 amide bonds. The summed E-state index contributed by atoms with van der Waals surface area (Å²) in [7, 11) is 2.90. The second-order valence-corrected chi connectivity index (χ2v) is 5.15. The second-order valence-electron chi connectivity index (χ2n) is 5.15. The molecule has 0 fully saturated rings. The maximum atomic E-state index is 13.2. The minimum atomic E-state index is -0.717. The highest BCUT2D eigenvalue weighted by Crippen LogP contribution is 2.25. The van der Waals surface area contributed by atoms with Gasteiger partial charge in [-0.1, -0.05) is 6.07 Å². The van der Waals surface area contributed by atoms with E-state index >= 15 is 0 Å². The number of carbonyl (C=O) groups is 2. The summed E-state index contributed by atoms with van der Waals surface area (Å²) >= 11 is 0. The molecule has 0 radical (unpaired) electrons. The Balaban J connectivity index is 2.00. The van der Waals surface area contributed by atoms with Gasteiger partial charge in [0.15, 0.2) is 6.61 Å². The molecule has 0 atom stereocenters. The maximum Gasteiger partial charge on any atom is 0.342 e. The molecule has 0 spiro atoms. The average Bonchev–Trinajstić information content (AvgIpc) is 2.62. The van der Waals surface area contributed by atoms with Crippen LogP contribution in [0.15, 0.2) is 36.4 Å². The van der Waals surface area contributed by atoms with Gasteiger partial charge in [-0.3, -0.25) is 4.79 Å². The highest BCUT2D eigenvalue weighted by molar-refractivity contribution is 5.97. The lowest BCUT2D eigenvalue weighted by Crippen LogP contribution is -2.21. The molecule has 7 heteroatoms. The molecule has 2 rings (SSSR count). The average molecular weight is 347 g/mol. The molecule has 0 unspecified atom stereocenters. The van der Waals surface area contributed by atoms with Crippen molar-refractivity contribution in [3.63, 3.8) is 0 Å². The van der Waals surface area contributed by atoms with Crippen LogP contribution in [0.5, 0.6) is 11.5 Å². The number of halogens is 1. The molecule has 132 valence electrons. The van der Waals surface area contributed by atoms with Crippen LogP contribution in [0.1, 0.15) is 15.9 Å². The van der Waals surface area contributed by atoms with Gasteiger partial charge in [0.2, 0.25) is 0 Å². The van der Waals surface area contributed by atoms with Crippen molar-refractivity contribution in [3.8, 4) is 11.5 Å². The van der Waals surface area contributed by atoms with Crippen LogP contribution in [0.2, 0.25) is 0 Å². The van der Waals surface area contributed by atoms with Gasteiger partial charge in [-0.25, -0.2) is 9.18 Å². The van der Waals surface area contributed by atoms with Crippen LogP contribution in [0.3, 0.4) is 0 Å². The molecule has 2 aromatic carbocycles. The Kier molecular flexibility index (Phi) is 5.94. The van der Waals surface area contributed by atoms with E-state index in [1.165, 1.54) is 38.5 Å². The summed E-state index contributed by atoms with van der Waals surface area (Å²) in [5.41, 5.74) is 1.18. The van der Waals surface area contributed by atoms with Crippen LogP contribution in [-0.4, -0.2) is 32.7 Å². The van der Waals surface area contributed by atoms with Crippen LogP contribution in [0, 0.1) is 12.7 Å². The summed E-state index contributed by atoms with van der Waals surface area (Å²) < 4.78 is 28.4. The molecule has 0 heterocycles. The lowest BCUT2D eigenvalue weighted by Gasteiger charge is -2.11. The molecule has 2 aromatic rings. The number of aryl methyl sites for hydroxylation is 1. The lowest BCUT2D eigenvalue weighted by atomic mass is 10.2. The van der Waals surface area contributed by atoms with Gasteiger partial charge in [0.25, 0.3) is 5.91 Å². The van der Waals surface area contributed by atoms with Gasteiger partial charge in [-0.05, 0) is 36.8 Å². The van der Waals surface area contributed by atoms with Gasteiger partial charge in [0.1, 0.15) is 22.9 Å². The molecule has 0 aromatic heterocycles. The Hall–Kier alpha value is -3.09. The number of hydrogen-bond donors (Lipinski definition) is 1. The van der Waals surface area contributed by atoms with Crippen molar-refractivity contribution < 1.29 is 28.2 Å². The molecule has 0 bridgehead atoms. The number of methoxy groups -OCH3 is 2. The molecule has 0 saturated carbocycles. The van der Waals surface area contributed by atoms with Crippen molar-refractivity contribution in [2.24, 2.45) is 0 Å². The van der Waals surface area contributed by atoms with Crippen molar-refractivity contribution in [2.45, 2.75) is 6.92 Å². The fraction of sp³-hybridized carbons (Fsp3) is 0.222. The lowest BCUT2D eigenvalue weighted by molar-refractivity contribution is -0.119. The Morgan fingerprint density at radius 2 is 1.84 bits per heavy atom. The molecule has 0 saturated heterocycles. The van der Waals surface area contributed by atoms with Crippen LogP contribution >= 0.6 is 0 Å². The summed E-state index contributed by atoms with van der Waals surface area (Å²) in [5.74, 6) is -0.973. The fourth-order valence-electron chi connectivity index (χ4n) is 2.09. The number of nitrogens with one attached hydrogen (secondary N) is 1. The monoisotopic (exact) mass is 347 g/mol. The van der Waals surface area contributed by atoms with Crippen molar-refractivity contribution in [1.29, 1.82) is 0 Å². The van der Waals surface area contributed by atoms with Gasteiger partial charge >= 0.3 is 5.97 Å². The number of benzene rings is 2. The van der Waals surface area contributed by atoms with Crippen molar-refractivity contribution in [3.05, 3.63) is 53.3 Å². The fourth-order valence-corrected chi connectivity index (χ4v) is 2.09. The van der Waals surface area contributed by atoms with Crippen molar-refractivity contribution in [2.75, 3.05) is 26.1 Å².